The summed E-state index contributed by atoms with van der Waals surface area (Å²) in [6.45, 7) is 5.31. The quantitative estimate of drug-likeness (QED) is 0.708. The average molecular weight is 226 g/mol. The second kappa shape index (κ2) is 5.15. The van der Waals surface area contributed by atoms with E-state index in [1.807, 2.05) is 11.8 Å². The summed E-state index contributed by atoms with van der Waals surface area (Å²) in [5.74, 6) is 0.892. The van der Waals surface area contributed by atoms with Gasteiger partial charge in [-0.15, -0.1) is 0 Å². The van der Waals surface area contributed by atoms with Crippen LogP contribution in [0.25, 0.3) is 0 Å². The normalized spacial score (nSPS) is 29.4. The Morgan fingerprint density at radius 3 is 2.56 bits per heavy atom. The summed E-state index contributed by atoms with van der Waals surface area (Å²) < 4.78 is 0. The Kier molecular flexibility index (Phi) is 3.82. The van der Waals surface area contributed by atoms with Gasteiger partial charge in [-0.2, -0.15) is 0 Å². The molecule has 2 saturated heterocycles. The Balaban J connectivity index is 1.81. The molecule has 0 unspecified atom stereocenters. The van der Waals surface area contributed by atoms with Crippen molar-refractivity contribution in [3.63, 3.8) is 0 Å². The number of piperidine rings is 1. The van der Waals surface area contributed by atoms with Crippen molar-refractivity contribution in [1.82, 2.24) is 10.2 Å². The Labute approximate surface area is 97.0 Å². The van der Waals surface area contributed by atoms with Crippen molar-refractivity contribution >= 4 is 5.91 Å². The van der Waals surface area contributed by atoms with Gasteiger partial charge in [-0.25, -0.2) is 0 Å². The number of nitrogens with one attached hydrogen (secondary N) is 1. The molecule has 16 heavy (non-hydrogen) atoms. The van der Waals surface area contributed by atoms with Crippen molar-refractivity contribution in [3.05, 3.63) is 0 Å². The maximum atomic E-state index is 12.1. The highest BCUT2D eigenvalue weighted by molar-refractivity contribution is 5.79. The molecule has 2 atom stereocenters. The molecule has 4 heteroatoms. The lowest BCUT2D eigenvalue weighted by molar-refractivity contribution is -0.136. The molecule has 0 aromatic carbocycles. The molecule has 2 aliphatic heterocycles. The van der Waals surface area contributed by atoms with Crippen molar-refractivity contribution in [3.8, 4) is 0 Å². The highest BCUT2D eigenvalue weighted by Gasteiger charge is 2.30. The molecular formula is C12H22N2O2. The minimum atomic E-state index is -0.231. The smallest absolute Gasteiger partial charge is 0.227 e. The van der Waals surface area contributed by atoms with Crippen molar-refractivity contribution < 1.29 is 9.90 Å². The number of hydrogen-bond donors (Lipinski definition) is 2. The number of aliphatic hydroxyl groups is 1. The summed E-state index contributed by atoms with van der Waals surface area (Å²) >= 11 is 0. The number of amides is 1. The number of likely N-dealkylation sites (tertiary alicyclic amines) is 1. The Morgan fingerprint density at radius 1 is 1.38 bits per heavy atom. The van der Waals surface area contributed by atoms with Gasteiger partial charge < -0.3 is 15.3 Å². The molecule has 2 rings (SSSR count). The minimum absolute atomic E-state index is 0.197. The van der Waals surface area contributed by atoms with E-state index < -0.39 is 0 Å². The molecule has 0 bridgehead atoms. The molecule has 92 valence electrons. The van der Waals surface area contributed by atoms with Gasteiger partial charge in [-0.05, 0) is 38.6 Å². The monoisotopic (exact) mass is 226 g/mol. The van der Waals surface area contributed by atoms with Crippen molar-refractivity contribution in [2.75, 3.05) is 26.2 Å². The van der Waals surface area contributed by atoms with Crippen LogP contribution in [-0.4, -0.2) is 48.2 Å². The first kappa shape index (κ1) is 11.9. The largest absolute Gasteiger partial charge is 0.393 e. The van der Waals surface area contributed by atoms with Gasteiger partial charge in [0.15, 0.2) is 0 Å². The van der Waals surface area contributed by atoms with Crippen molar-refractivity contribution in [2.45, 2.75) is 32.3 Å². The molecule has 4 nitrogen and oxygen atoms in total. The van der Waals surface area contributed by atoms with E-state index in [-0.39, 0.29) is 12.0 Å². The molecule has 2 aliphatic rings. The first-order chi connectivity index (χ1) is 7.68. The zero-order valence-electron chi connectivity index (χ0n) is 9.98. The molecule has 0 radical (unpaired) electrons. The number of aliphatic hydroxyl groups excluding tert-OH is 1. The third-order valence-electron chi connectivity index (χ3n) is 3.94. The van der Waals surface area contributed by atoms with Crippen molar-refractivity contribution in [1.29, 1.82) is 0 Å². The van der Waals surface area contributed by atoms with Crippen LogP contribution in [0.4, 0.5) is 0 Å². The van der Waals surface area contributed by atoms with E-state index >= 15 is 0 Å². The Hall–Kier alpha value is -0.610. The topological polar surface area (TPSA) is 52.6 Å². The van der Waals surface area contributed by atoms with Gasteiger partial charge in [0.1, 0.15) is 0 Å². The summed E-state index contributed by atoms with van der Waals surface area (Å²) in [6, 6.07) is 0. The van der Waals surface area contributed by atoms with Gasteiger partial charge in [0.2, 0.25) is 5.91 Å². The predicted molar refractivity (Wildman–Crippen MR) is 62.0 cm³/mol. The van der Waals surface area contributed by atoms with Gasteiger partial charge >= 0.3 is 0 Å². The number of carbonyl (C=O) groups is 1. The lowest BCUT2D eigenvalue weighted by atomic mass is 9.91. The lowest BCUT2D eigenvalue weighted by Crippen LogP contribution is -2.43. The molecule has 0 spiro atoms. The first-order valence-electron chi connectivity index (χ1n) is 6.36. The molecule has 0 aliphatic carbocycles. The van der Waals surface area contributed by atoms with Crippen LogP contribution in [-0.2, 0) is 4.79 Å². The first-order valence-corrected chi connectivity index (χ1v) is 6.36. The second-order valence-corrected chi connectivity index (χ2v) is 5.09. The number of rotatable bonds is 2. The fourth-order valence-electron chi connectivity index (χ4n) is 2.73. The molecule has 2 heterocycles. The Bertz CT molecular complexity index is 241. The van der Waals surface area contributed by atoms with Crippen LogP contribution >= 0.6 is 0 Å². The van der Waals surface area contributed by atoms with E-state index in [0.29, 0.717) is 11.8 Å². The van der Waals surface area contributed by atoms with Crippen LogP contribution < -0.4 is 5.32 Å². The zero-order chi connectivity index (χ0) is 11.5. The third-order valence-corrected chi connectivity index (χ3v) is 3.94. The van der Waals surface area contributed by atoms with E-state index in [9.17, 15) is 9.90 Å². The Morgan fingerprint density at radius 2 is 2.06 bits per heavy atom. The summed E-state index contributed by atoms with van der Waals surface area (Å²) in [6.07, 6.45) is 2.65. The fourth-order valence-corrected chi connectivity index (χ4v) is 2.73. The summed E-state index contributed by atoms with van der Waals surface area (Å²) in [5.41, 5.74) is 0. The molecule has 0 aromatic rings. The third kappa shape index (κ3) is 2.55. The van der Waals surface area contributed by atoms with Gasteiger partial charge in [0, 0.05) is 19.6 Å². The lowest BCUT2D eigenvalue weighted by Gasteiger charge is -2.34. The summed E-state index contributed by atoms with van der Waals surface area (Å²) in [4.78, 5) is 14.1. The second-order valence-electron chi connectivity index (χ2n) is 5.09. The summed E-state index contributed by atoms with van der Waals surface area (Å²) in [7, 11) is 0. The van der Waals surface area contributed by atoms with E-state index in [4.69, 9.17) is 0 Å². The van der Waals surface area contributed by atoms with E-state index in [1.165, 1.54) is 0 Å². The summed E-state index contributed by atoms with van der Waals surface area (Å²) in [5, 5.41) is 12.7. The minimum Gasteiger partial charge on any atom is -0.393 e. The maximum absolute atomic E-state index is 12.1. The molecule has 2 N–H and O–H groups in total. The van der Waals surface area contributed by atoms with Gasteiger partial charge in [-0.3, -0.25) is 4.79 Å². The molecule has 0 aromatic heterocycles. The number of hydrogen-bond acceptors (Lipinski definition) is 3. The fraction of sp³-hybridized carbons (Fsp3) is 0.917. The molecule has 1 amide bonds. The number of carbonyl (C=O) groups excluding carboxylic acids is 1. The van der Waals surface area contributed by atoms with Crippen molar-refractivity contribution in [2.24, 2.45) is 11.8 Å². The highest BCUT2D eigenvalue weighted by Crippen LogP contribution is 2.22. The van der Waals surface area contributed by atoms with Crippen LogP contribution in [0, 0.1) is 11.8 Å². The molecular weight excluding hydrogens is 204 g/mol. The molecule has 0 saturated carbocycles. The van der Waals surface area contributed by atoms with Crippen LogP contribution in [0.5, 0.6) is 0 Å². The highest BCUT2D eigenvalue weighted by atomic mass is 16.3. The number of nitrogens with zero attached hydrogens (tertiary/aromatic N) is 1. The van der Waals surface area contributed by atoms with Crippen LogP contribution in [0.2, 0.25) is 0 Å². The van der Waals surface area contributed by atoms with E-state index in [2.05, 4.69) is 5.32 Å². The zero-order valence-corrected chi connectivity index (χ0v) is 9.98. The SMILES string of the molecule is C[C@H](O)C1CCN(C(=O)[C@H]2CCNC2)CC1. The van der Waals surface area contributed by atoms with Gasteiger partial charge in [-0.1, -0.05) is 0 Å². The standard InChI is InChI=1S/C12H22N2O2/c1-9(15)10-3-6-14(7-4-10)12(16)11-2-5-13-8-11/h9-11,13,15H,2-8H2,1H3/t9-,11-/m0/s1. The average Bonchev–Trinajstić information content (AvgIpc) is 2.81. The van der Waals surface area contributed by atoms with Gasteiger partial charge in [0.25, 0.3) is 0 Å². The molecule has 2 fully saturated rings. The van der Waals surface area contributed by atoms with Crippen LogP contribution in [0.15, 0.2) is 0 Å². The van der Waals surface area contributed by atoms with Crippen LogP contribution in [0.1, 0.15) is 26.2 Å². The van der Waals surface area contributed by atoms with E-state index in [1.54, 1.807) is 0 Å². The van der Waals surface area contributed by atoms with Gasteiger partial charge in [0.05, 0.1) is 12.0 Å². The van der Waals surface area contributed by atoms with E-state index in [0.717, 1.165) is 45.4 Å². The maximum Gasteiger partial charge on any atom is 0.227 e. The van der Waals surface area contributed by atoms with Crippen LogP contribution in [0.3, 0.4) is 0 Å². The predicted octanol–water partition coefficient (Wildman–Crippen LogP) is 0.215.